The van der Waals surface area contributed by atoms with Crippen LogP contribution in [0.25, 0.3) is 11.0 Å². The van der Waals surface area contributed by atoms with E-state index in [1.165, 1.54) is 11.9 Å². The van der Waals surface area contributed by atoms with Gasteiger partial charge < -0.3 is 4.57 Å². The van der Waals surface area contributed by atoms with Crippen molar-refractivity contribution in [1.82, 2.24) is 9.55 Å². The first-order valence-electron chi connectivity index (χ1n) is 7.60. The SMILES string of the molecule is CCc1nc2ccccc2n1C1CC(C)CCC1C#N. The third kappa shape index (κ3) is 2.10. The van der Waals surface area contributed by atoms with Crippen LogP contribution in [0.2, 0.25) is 0 Å². The van der Waals surface area contributed by atoms with Gasteiger partial charge in [0.1, 0.15) is 5.82 Å². The fourth-order valence-electron chi connectivity index (χ4n) is 3.50. The summed E-state index contributed by atoms with van der Waals surface area (Å²) < 4.78 is 2.35. The molecule has 1 saturated carbocycles. The lowest BCUT2D eigenvalue weighted by molar-refractivity contribution is 0.233. The summed E-state index contributed by atoms with van der Waals surface area (Å²) in [7, 11) is 0. The van der Waals surface area contributed by atoms with Crippen LogP contribution in [0.3, 0.4) is 0 Å². The Kier molecular flexibility index (Phi) is 3.48. The van der Waals surface area contributed by atoms with E-state index in [-0.39, 0.29) is 12.0 Å². The maximum Gasteiger partial charge on any atom is 0.109 e. The highest BCUT2D eigenvalue weighted by Gasteiger charge is 2.32. The van der Waals surface area contributed by atoms with Gasteiger partial charge in [-0.1, -0.05) is 26.0 Å². The molecule has 1 fully saturated rings. The first-order valence-corrected chi connectivity index (χ1v) is 7.60. The molecule has 3 atom stereocenters. The van der Waals surface area contributed by atoms with E-state index in [1.54, 1.807) is 0 Å². The number of rotatable bonds is 2. The van der Waals surface area contributed by atoms with Gasteiger partial charge in [-0.15, -0.1) is 0 Å². The molecule has 0 bridgehead atoms. The van der Waals surface area contributed by atoms with Crippen molar-refractivity contribution in [2.24, 2.45) is 11.8 Å². The van der Waals surface area contributed by atoms with Crippen molar-refractivity contribution in [2.75, 3.05) is 0 Å². The molecule has 0 N–H and O–H groups in total. The predicted molar refractivity (Wildman–Crippen MR) is 80.3 cm³/mol. The van der Waals surface area contributed by atoms with Gasteiger partial charge in [-0.3, -0.25) is 0 Å². The molecule has 0 saturated heterocycles. The zero-order valence-corrected chi connectivity index (χ0v) is 12.2. The van der Waals surface area contributed by atoms with Gasteiger partial charge in [0.05, 0.1) is 29.1 Å². The second kappa shape index (κ2) is 5.28. The monoisotopic (exact) mass is 267 g/mol. The molecular formula is C17H21N3. The van der Waals surface area contributed by atoms with E-state index >= 15 is 0 Å². The normalized spacial score (nSPS) is 26.6. The molecule has 3 nitrogen and oxygen atoms in total. The van der Waals surface area contributed by atoms with Gasteiger partial charge in [0, 0.05) is 6.42 Å². The number of aromatic nitrogens is 2. The number of fused-ring (bicyclic) bond motifs is 1. The maximum atomic E-state index is 9.50. The third-order valence-corrected chi connectivity index (χ3v) is 4.56. The molecule has 3 rings (SSSR count). The van der Waals surface area contributed by atoms with Crippen molar-refractivity contribution in [2.45, 2.75) is 45.6 Å². The number of imidazole rings is 1. The molecule has 1 aromatic heterocycles. The Morgan fingerprint density at radius 3 is 2.90 bits per heavy atom. The maximum absolute atomic E-state index is 9.50. The lowest BCUT2D eigenvalue weighted by atomic mass is 9.79. The molecule has 20 heavy (non-hydrogen) atoms. The van der Waals surface area contributed by atoms with Crippen molar-refractivity contribution in [3.63, 3.8) is 0 Å². The number of aryl methyl sites for hydroxylation is 1. The fourth-order valence-corrected chi connectivity index (χ4v) is 3.50. The minimum Gasteiger partial charge on any atom is -0.324 e. The second-order valence-corrected chi connectivity index (χ2v) is 5.96. The van der Waals surface area contributed by atoms with Crippen LogP contribution in [0, 0.1) is 23.2 Å². The van der Waals surface area contributed by atoms with Crippen LogP contribution in [-0.2, 0) is 6.42 Å². The highest BCUT2D eigenvalue weighted by Crippen LogP contribution is 2.39. The van der Waals surface area contributed by atoms with Crippen molar-refractivity contribution < 1.29 is 0 Å². The molecule has 3 heteroatoms. The molecule has 1 aliphatic rings. The molecular weight excluding hydrogens is 246 g/mol. The smallest absolute Gasteiger partial charge is 0.109 e. The Morgan fingerprint density at radius 1 is 1.35 bits per heavy atom. The number of nitriles is 1. The van der Waals surface area contributed by atoms with Gasteiger partial charge in [-0.05, 0) is 37.3 Å². The number of para-hydroxylation sites is 2. The summed E-state index contributed by atoms with van der Waals surface area (Å²) in [5, 5.41) is 9.50. The average Bonchev–Trinajstić information content (AvgIpc) is 2.85. The van der Waals surface area contributed by atoms with E-state index in [4.69, 9.17) is 4.98 Å². The van der Waals surface area contributed by atoms with Crippen LogP contribution in [-0.4, -0.2) is 9.55 Å². The Hall–Kier alpha value is -1.82. The zero-order valence-electron chi connectivity index (χ0n) is 12.2. The van der Waals surface area contributed by atoms with Crippen molar-refractivity contribution in [3.8, 4) is 6.07 Å². The molecule has 1 aromatic carbocycles. The predicted octanol–water partition coefficient (Wildman–Crippen LogP) is 4.10. The molecule has 0 amide bonds. The fraction of sp³-hybridized carbons (Fsp3) is 0.529. The topological polar surface area (TPSA) is 41.6 Å². The van der Waals surface area contributed by atoms with Crippen molar-refractivity contribution in [3.05, 3.63) is 30.1 Å². The minimum atomic E-state index is 0.120. The largest absolute Gasteiger partial charge is 0.324 e. The van der Waals surface area contributed by atoms with Crippen LogP contribution < -0.4 is 0 Å². The molecule has 0 radical (unpaired) electrons. The quantitative estimate of drug-likeness (QED) is 0.822. The van der Waals surface area contributed by atoms with Gasteiger partial charge >= 0.3 is 0 Å². The third-order valence-electron chi connectivity index (χ3n) is 4.56. The summed E-state index contributed by atoms with van der Waals surface area (Å²) in [5.74, 6) is 1.93. The van der Waals surface area contributed by atoms with E-state index in [2.05, 4.69) is 42.7 Å². The molecule has 1 aliphatic carbocycles. The molecule has 0 aliphatic heterocycles. The zero-order chi connectivity index (χ0) is 14.1. The Morgan fingerprint density at radius 2 is 2.15 bits per heavy atom. The summed E-state index contributed by atoms with van der Waals surface area (Å²) in [4.78, 5) is 4.75. The molecule has 1 heterocycles. The van der Waals surface area contributed by atoms with Gasteiger partial charge in [0.2, 0.25) is 0 Å². The van der Waals surface area contributed by atoms with Gasteiger partial charge in [0.15, 0.2) is 0 Å². The summed E-state index contributed by atoms with van der Waals surface area (Å²) >= 11 is 0. The van der Waals surface area contributed by atoms with Crippen LogP contribution in [0.1, 0.15) is 45.0 Å². The highest BCUT2D eigenvalue weighted by molar-refractivity contribution is 5.76. The summed E-state index contributed by atoms with van der Waals surface area (Å²) in [6.45, 7) is 4.44. The minimum absolute atomic E-state index is 0.120. The van der Waals surface area contributed by atoms with Crippen LogP contribution >= 0.6 is 0 Å². The number of hydrogen-bond donors (Lipinski definition) is 0. The van der Waals surface area contributed by atoms with E-state index in [0.717, 1.165) is 30.6 Å². The highest BCUT2D eigenvalue weighted by atomic mass is 15.1. The first-order chi connectivity index (χ1) is 9.74. The Balaban J connectivity index is 2.14. The van der Waals surface area contributed by atoms with Gasteiger partial charge in [0.25, 0.3) is 0 Å². The van der Waals surface area contributed by atoms with E-state index in [9.17, 15) is 5.26 Å². The lowest BCUT2D eigenvalue weighted by Gasteiger charge is -2.33. The van der Waals surface area contributed by atoms with Crippen LogP contribution in [0.15, 0.2) is 24.3 Å². The summed E-state index contributed by atoms with van der Waals surface area (Å²) in [6.07, 6.45) is 4.18. The van der Waals surface area contributed by atoms with Crippen LogP contribution in [0.4, 0.5) is 0 Å². The van der Waals surface area contributed by atoms with Gasteiger partial charge in [-0.25, -0.2) is 4.98 Å². The van der Waals surface area contributed by atoms with Crippen molar-refractivity contribution in [1.29, 1.82) is 5.26 Å². The van der Waals surface area contributed by atoms with E-state index in [1.807, 2.05) is 6.07 Å². The van der Waals surface area contributed by atoms with Crippen LogP contribution in [0.5, 0.6) is 0 Å². The summed E-state index contributed by atoms with van der Waals surface area (Å²) in [5.41, 5.74) is 2.24. The average molecular weight is 267 g/mol. The number of benzene rings is 1. The van der Waals surface area contributed by atoms with E-state index < -0.39 is 0 Å². The molecule has 0 spiro atoms. The standard InChI is InChI=1S/C17H21N3/c1-3-17-19-14-6-4-5-7-15(14)20(17)16-10-12(2)8-9-13(16)11-18/h4-7,12-13,16H,3,8-10H2,1-2H3. The number of nitrogens with zero attached hydrogens (tertiary/aromatic N) is 3. The van der Waals surface area contributed by atoms with Gasteiger partial charge in [-0.2, -0.15) is 5.26 Å². The lowest BCUT2D eigenvalue weighted by Crippen LogP contribution is -2.27. The van der Waals surface area contributed by atoms with E-state index in [0.29, 0.717) is 5.92 Å². The first kappa shape index (κ1) is 13.2. The molecule has 104 valence electrons. The second-order valence-electron chi connectivity index (χ2n) is 5.96. The Bertz CT molecular complexity index is 650. The Labute approximate surface area is 120 Å². The number of hydrogen-bond acceptors (Lipinski definition) is 2. The molecule has 2 aromatic rings. The van der Waals surface area contributed by atoms with Crippen molar-refractivity contribution >= 4 is 11.0 Å². The summed E-state index contributed by atoms with van der Waals surface area (Å²) in [6, 6.07) is 11.1. The molecule has 3 unspecified atom stereocenters.